The van der Waals surface area contributed by atoms with Crippen molar-refractivity contribution in [3.63, 3.8) is 0 Å². The largest absolute Gasteiger partial charge is 0.508 e. The number of ether oxygens (including phenoxy) is 1. The zero-order chi connectivity index (χ0) is 37.8. The number of esters is 1. The van der Waals surface area contributed by atoms with Crippen LogP contribution in [0, 0.1) is 5.92 Å². The van der Waals surface area contributed by atoms with E-state index in [0.717, 1.165) is 0 Å². The van der Waals surface area contributed by atoms with Gasteiger partial charge in [0.2, 0.25) is 23.6 Å². The Balaban J connectivity index is 3.13. The molecule has 4 amide bonds. The van der Waals surface area contributed by atoms with Crippen molar-refractivity contribution in [2.75, 3.05) is 19.7 Å². The van der Waals surface area contributed by atoms with Crippen LogP contribution in [0.3, 0.4) is 0 Å². The van der Waals surface area contributed by atoms with Crippen molar-refractivity contribution in [3.8, 4) is 5.75 Å². The van der Waals surface area contributed by atoms with Crippen molar-refractivity contribution in [2.45, 2.75) is 95.9 Å². The van der Waals surface area contributed by atoms with Crippen LogP contribution < -0.4 is 44.2 Å². The highest BCUT2D eigenvalue weighted by molar-refractivity contribution is 5.97. The molecule has 0 spiro atoms. The number of carboxylic acids is 1. The molecule has 50 heavy (non-hydrogen) atoms. The lowest BCUT2D eigenvalue weighted by Crippen LogP contribution is -2.60. The number of carbonyl (C=O) groups is 6. The number of phenols is 1. The molecule has 1 rings (SSSR count). The van der Waals surface area contributed by atoms with Crippen molar-refractivity contribution < 1.29 is 43.7 Å². The van der Waals surface area contributed by atoms with Crippen molar-refractivity contribution in [3.05, 3.63) is 29.8 Å². The zero-order valence-electron chi connectivity index (χ0n) is 28.9. The number of aliphatic imine (C=N–C) groups is 1. The molecule has 5 atom stereocenters. The van der Waals surface area contributed by atoms with Gasteiger partial charge in [-0.2, -0.15) is 0 Å². The lowest BCUT2D eigenvalue weighted by Gasteiger charge is -2.27. The van der Waals surface area contributed by atoms with E-state index in [0.29, 0.717) is 31.4 Å². The normalized spacial score (nSPS) is 13.9. The highest BCUT2D eigenvalue weighted by Crippen LogP contribution is 2.13. The molecular formula is C32H53N9O9. The Kier molecular flexibility index (Phi) is 19.5. The Morgan fingerprint density at radius 3 is 1.98 bits per heavy atom. The van der Waals surface area contributed by atoms with Gasteiger partial charge < -0.3 is 59.2 Å². The highest BCUT2D eigenvalue weighted by atomic mass is 16.5. The summed E-state index contributed by atoms with van der Waals surface area (Å²) >= 11 is 0. The molecule has 0 unspecified atom stereocenters. The molecule has 18 nitrogen and oxygen atoms in total. The minimum absolute atomic E-state index is 0.0124. The second-order valence-electron chi connectivity index (χ2n) is 12.0. The number of rotatable bonds is 23. The average Bonchev–Trinajstić information content (AvgIpc) is 3.04. The molecule has 0 bridgehead atoms. The fourth-order valence-electron chi connectivity index (χ4n) is 4.70. The first kappa shape index (κ1) is 43.1. The maximum Gasteiger partial charge on any atom is 0.328 e. The number of nitrogens with one attached hydrogen (secondary N) is 4. The number of guanidine groups is 1. The quantitative estimate of drug-likeness (QED) is 0.0257. The number of aliphatic carboxylic acids is 1. The van der Waals surface area contributed by atoms with Gasteiger partial charge in [-0.25, -0.2) is 4.79 Å². The standard InChI is InChI=1S/C32H53N9O9/c1-4-50-31(49)24(16-19-10-12-20(42)13-11-19)40-30(48)26(18(2)3)41-29(47)23(17-25(43)44)39-28(46)22(9-5-6-14-33)38-27(45)21(34)8-7-15-37-32(35)36/h10-13,18,21-24,26,42H,4-9,14-17,33-34H2,1-3H3,(H,38,45)(H,39,46)(H,40,48)(H,41,47)(H,43,44)(H4,35,36,37)/t21-,22-,23-,24-,26-/m0/s1. The van der Waals surface area contributed by atoms with E-state index in [1.165, 1.54) is 12.1 Å². The summed E-state index contributed by atoms with van der Waals surface area (Å²) in [6.07, 6.45) is 0.820. The maximum absolute atomic E-state index is 13.5. The van der Waals surface area contributed by atoms with Crippen molar-refractivity contribution in [1.29, 1.82) is 0 Å². The zero-order valence-corrected chi connectivity index (χ0v) is 28.9. The molecule has 0 aliphatic heterocycles. The number of benzene rings is 1. The van der Waals surface area contributed by atoms with Crippen LogP contribution in [-0.2, 0) is 39.9 Å². The highest BCUT2D eigenvalue weighted by Gasteiger charge is 2.34. The first-order valence-electron chi connectivity index (χ1n) is 16.5. The second kappa shape index (κ2) is 22.6. The summed E-state index contributed by atoms with van der Waals surface area (Å²) in [7, 11) is 0. The van der Waals surface area contributed by atoms with Gasteiger partial charge in [0.15, 0.2) is 5.96 Å². The lowest BCUT2D eigenvalue weighted by molar-refractivity contribution is -0.148. The number of carboxylic acid groups (broad SMARTS) is 1. The molecule has 0 fully saturated rings. The van der Waals surface area contributed by atoms with Gasteiger partial charge in [0.1, 0.15) is 29.9 Å². The SMILES string of the molecule is CCOC(=O)[C@H](Cc1ccc(O)cc1)NC(=O)[C@@H](NC(=O)[C@H](CC(=O)O)NC(=O)[C@H](CCCCN)NC(=O)[C@@H](N)CCCN=C(N)N)C(C)C. The number of hydrogen-bond donors (Lipinski definition) is 10. The molecular weight excluding hydrogens is 654 g/mol. The van der Waals surface area contributed by atoms with Gasteiger partial charge in [0.25, 0.3) is 0 Å². The number of nitrogens with two attached hydrogens (primary N) is 4. The average molecular weight is 708 g/mol. The Morgan fingerprint density at radius 1 is 0.820 bits per heavy atom. The van der Waals surface area contributed by atoms with E-state index in [1.54, 1.807) is 32.9 Å². The number of amides is 4. The van der Waals surface area contributed by atoms with Gasteiger partial charge in [-0.15, -0.1) is 0 Å². The Labute approximate surface area is 291 Å². The molecule has 0 aromatic heterocycles. The van der Waals surface area contributed by atoms with Crippen LogP contribution in [0.2, 0.25) is 0 Å². The molecule has 18 heteroatoms. The van der Waals surface area contributed by atoms with Crippen LogP contribution in [0.15, 0.2) is 29.3 Å². The molecule has 0 aliphatic carbocycles. The predicted molar refractivity (Wildman–Crippen MR) is 184 cm³/mol. The number of carbonyl (C=O) groups excluding carboxylic acids is 5. The van der Waals surface area contributed by atoms with E-state index in [9.17, 15) is 39.0 Å². The van der Waals surface area contributed by atoms with E-state index in [1.807, 2.05) is 0 Å². The fraction of sp³-hybridized carbons (Fsp3) is 0.594. The number of aromatic hydroxyl groups is 1. The minimum atomic E-state index is -1.64. The monoisotopic (exact) mass is 707 g/mol. The Morgan fingerprint density at radius 2 is 1.42 bits per heavy atom. The van der Waals surface area contributed by atoms with E-state index in [4.69, 9.17) is 27.7 Å². The maximum atomic E-state index is 13.5. The molecule has 0 heterocycles. The molecule has 0 saturated carbocycles. The molecule has 1 aromatic rings. The smallest absolute Gasteiger partial charge is 0.328 e. The minimum Gasteiger partial charge on any atom is -0.508 e. The Hall–Kier alpha value is -4.97. The lowest BCUT2D eigenvalue weighted by atomic mass is 10.0. The van der Waals surface area contributed by atoms with Gasteiger partial charge in [-0.1, -0.05) is 26.0 Å². The van der Waals surface area contributed by atoms with Gasteiger partial charge >= 0.3 is 11.9 Å². The predicted octanol–water partition coefficient (Wildman–Crippen LogP) is -1.92. The van der Waals surface area contributed by atoms with Crippen molar-refractivity contribution in [2.24, 2.45) is 33.8 Å². The fourth-order valence-corrected chi connectivity index (χ4v) is 4.70. The number of hydrogen-bond acceptors (Lipinski definition) is 11. The van der Waals surface area contributed by atoms with Crippen LogP contribution in [0.4, 0.5) is 0 Å². The molecule has 14 N–H and O–H groups in total. The van der Waals surface area contributed by atoms with Crippen molar-refractivity contribution >= 4 is 41.5 Å². The third-order valence-corrected chi connectivity index (χ3v) is 7.41. The summed E-state index contributed by atoms with van der Waals surface area (Å²) < 4.78 is 5.12. The van der Waals surface area contributed by atoms with E-state index in [-0.39, 0.29) is 44.1 Å². The molecule has 0 saturated heterocycles. The van der Waals surface area contributed by atoms with Gasteiger partial charge in [0.05, 0.1) is 19.1 Å². The van der Waals surface area contributed by atoms with Crippen molar-refractivity contribution in [1.82, 2.24) is 21.3 Å². The van der Waals surface area contributed by atoms with Crippen LogP contribution in [-0.4, -0.2) is 102 Å². The van der Waals surface area contributed by atoms with Crippen LogP contribution in [0.5, 0.6) is 5.75 Å². The second-order valence-corrected chi connectivity index (χ2v) is 12.0. The summed E-state index contributed by atoms with van der Waals surface area (Å²) in [5.74, 6) is -6.02. The van der Waals surface area contributed by atoms with Gasteiger partial charge in [0, 0.05) is 13.0 Å². The summed E-state index contributed by atoms with van der Waals surface area (Å²) in [5.41, 5.74) is 22.8. The number of nitrogens with zero attached hydrogens (tertiary/aromatic N) is 1. The van der Waals surface area contributed by atoms with Crippen LogP contribution in [0.25, 0.3) is 0 Å². The van der Waals surface area contributed by atoms with E-state index in [2.05, 4.69) is 26.3 Å². The summed E-state index contributed by atoms with van der Waals surface area (Å²) in [6, 6.07) is -0.262. The number of unbranched alkanes of at least 4 members (excludes halogenated alkanes) is 1. The third-order valence-electron chi connectivity index (χ3n) is 7.41. The van der Waals surface area contributed by atoms with Gasteiger partial charge in [-0.3, -0.25) is 29.0 Å². The van der Waals surface area contributed by atoms with E-state index < -0.39 is 78.1 Å². The summed E-state index contributed by atoms with van der Waals surface area (Å²) in [4.78, 5) is 81.4. The first-order valence-corrected chi connectivity index (χ1v) is 16.5. The summed E-state index contributed by atoms with van der Waals surface area (Å²) in [5, 5.41) is 29.2. The molecule has 0 radical (unpaired) electrons. The topological polar surface area (TPSA) is 317 Å². The first-order chi connectivity index (χ1) is 23.6. The van der Waals surface area contributed by atoms with E-state index >= 15 is 0 Å². The Bertz CT molecular complexity index is 1300. The molecule has 280 valence electrons. The van der Waals surface area contributed by atoms with Crippen LogP contribution in [0.1, 0.15) is 64.9 Å². The molecule has 1 aromatic carbocycles. The third kappa shape index (κ3) is 16.4. The number of phenolic OH excluding ortho intramolecular Hbond substituents is 1. The molecule has 0 aliphatic rings. The van der Waals surface area contributed by atoms with Gasteiger partial charge in [-0.05, 0) is 69.2 Å². The van der Waals surface area contributed by atoms with Crippen LogP contribution >= 0.6 is 0 Å². The summed E-state index contributed by atoms with van der Waals surface area (Å²) in [6.45, 7) is 5.45.